The minimum absolute atomic E-state index is 0.0957. The number of aryl methyl sites for hydroxylation is 2. The van der Waals surface area contributed by atoms with E-state index in [-0.39, 0.29) is 11.8 Å². The molecule has 0 aliphatic rings. The summed E-state index contributed by atoms with van der Waals surface area (Å²) in [6.45, 7) is 4.70. The van der Waals surface area contributed by atoms with Gasteiger partial charge in [-0.05, 0) is 145 Å². The third-order valence-electron chi connectivity index (χ3n) is 8.64. The highest BCUT2D eigenvalue weighted by Crippen LogP contribution is 2.25. The number of anilines is 6. The molecular weight excluding hydrogens is 701 g/mol. The number of benzene rings is 4. The number of pyridine rings is 2. The predicted octanol–water partition coefficient (Wildman–Crippen LogP) is 10.8. The molecule has 12 heteroatoms. The molecular formula is C44H46N10O2+2. The second kappa shape index (κ2) is 19.8. The van der Waals surface area contributed by atoms with E-state index in [0.717, 1.165) is 95.9 Å². The molecule has 4 N–H and O–H groups in total. The number of aromatic nitrogens is 2. The topological polar surface area (TPSA) is 139 Å². The minimum Gasteiger partial charge on any atom is -0.356 e. The van der Waals surface area contributed by atoms with E-state index in [2.05, 4.69) is 63.3 Å². The number of amides is 2. The van der Waals surface area contributed by atoms with Gasteiger partial charge >= 0.3 is 11.6 Å². The fourth-order valence-corrected chi connectivity index (χ4v) is 5.87. The van der Waals surface area contributed by atoms with E-state index >= 15 is 0 Å². The largest absolute Gasteiger partial charge is 0.356 e. The monoisotopic (exact) mass is 746 g/mol. The Labute approximate surface area is 327 Å². The summed E-state index contributed by atoms with van der Waals surface area (Å²) in [5, 5.41) is 30.4. The standard InChI is InChI=1S/C44H44N10O2/c1-33(55)45-35-13-17-37(18-14-35)47-39-21-25-41(26-22-39)49-51-43-11-5-9-31-53(43)29-7-3-4-8-30-54-32-10-6-12-44(54)52-50-42-27-23-40(24-28-42)48-38-19-15-36(16-20-38)46-34(2)56/h5-6,9-28,31-32H,3-4,7-8,29-30H2,1-2H3,(H2,45,46,49,50,55,56)/p+2. The van der Waals surface area contributed by atoms with Gasteiger partial charge in [-0.15, -0.1) is 0 Å². The molecule has 0 bridgehead atoms. The Morgan fingerprint density at radius 1 is 0.429 bits per heavy atom. The molecule has 0 fully saturated rings. The van der Waals surface area contributed by atoms with Crippen LogP contribution in [0.5, 0.6) is 0 Å². The molecule has 0 atom stereocenters. The van der Waals surface area contributed by atoms with Crippen LogP contribution in [0.2, 0.25) is 0 Å². The van der Waals surface area contributed by atoms with Crippen LogP contribution in [0.1, 0.15) is 39.5 Å². The Balaban J connectivity index is 0.929. The molecule has 0 unspecified atom stereocenters. The first-order valence-corrected chi connectivity index (χ1v) is 18.7. The van der Waals surface area contributed by atoms with E-state index in [9.17, 15) is 9.59 Å². The summed E-state index contributed by atoms with van der Waals surface area (Å²) in [5.74, 6) is 1.43. The van der Waals surface area contributed by atoms with Gasteiger partial charge in [-0.25, -0.2) is 9.13 Å². The molecule has 0 saturated carbocycles. The number of nitrogens with zero attached hydrogens (tertiary/aromatic N) is 6. The van der Waals surface area contributed by atoms with Crippen LogP contribution in [0.3, 0.4) is 0 Å². The first-order chi connectivity index (χ1) is 27.4. The SMILES string of the molecule is CC(=O)Nc1ccc(Nc2ccc(N=Nc3cccc[n+]3CCCCCC[n+]3ccccc3N=Nc3ccc(Nc4ccc(NC(C)=O)cc4)cc3)cc2)cc1. The maximum Gasteiger partial charge on any atom is 0.350 e. The number of carbonyl (C=O) groups excluding carboxylic acids is 2. The normalized spacial score (nSPS) is 11.1. The van der Waals surface area contributed by atoms with E-state index in [0.29, 0.717) is 0 Å². The summed E-state index contributed by atoms with van der Waals surface area (Å²) in [6.07, 6.45) is 8.34. The molecule has 0 saturated heterocycles. The predicted molar refractivity (Wildman–Crippen MR) is 221 cm³/mol. The van der Waals surface area contributed by atoms with Gasteiger partial charge in [0.2, 0.25) is 11.8 Å². The van der Waals surface area contributed by atoms with Crippen LogP contribution in [0.15, 0.2) is 166 Å². The third-order valence-corrected chi connectivity index (χ3v) is 8.64. The van der Waals surface area contributed by atoms with Crippen molar-refractivity contribution in [2.75, 3.05) is 21.3 Å². The molecule has 0 spiro atoms. The Morgan fingerprint density at radius 3 is 1.12 bits per heavy atom. The molecule has 2 aromatic heterocycles. The lowest BCUT2D eigenvalue weighted by Gasteiger charge is -2.08. The number of rotatable bonds is 17. The summed E-state index contributed by atoms with van der Waals surface area (Å²) in [7, 11) is 0. The molecule has 0 aliphatic carbocycles. The lowest BCUT2D eigenvalue weighted by atomic mass is 10.2. The van der Waals surface area contributed by atoms with Crippen LogP contribution < -0.4 is 30.4 Å². The van der Waals surface area contributed by atoms with Crippen molar-refractivity contribution in [1.82, 2.24) is 0 Å². The van der Waals surface area contributed by atoms with Crippen molar-refractivity contribution in [3.05, 3.63) is 146 Å². The average molecular weight is 747 g/mol. The van der Waals surface area contributed by atoms with E-state index < -0.39 is 0 Å². The van der Waals surface area contributed by atoms with Gasteiger partial charge in [0.05, 0.1) is 35.7 Å². The number of carbonyl (C=O) groups is 2. The summed E-state index contributed by atoms with van der Waals surface area (Å²) in [6, 6.07) is 42.6. The molecule has 4 aromatic carbocycles. The Morgan fingerprint density at radius 2 is 0.768 bits per heavy atom. The van der Waals surface area contributed by atoms with E-state index in [1.54, 1.807) is 0 Å². The van der Waals surface area contributed by atoms with Crippen molar-refractivity contribution < 1.29 is 18.7 Å². The molecule has 0 aliphatic heterocycles. The molecule has 6 aromatic rings. The number of hydrogen-bond donors (Lipinski definition) is 4. The van der Waals surface area contributed by atoms with Crippen molar-refractivity contribution in [3.8, 4) is 0 Å². The molecule has 2 amide bonds. The molecule has 6 rings (SSSR count). The highest BCUT2D eigenvalue weighted by molar-refractivity contribution is 5.89. The summed E-state index contributed by atoms with van der Waals surface area (Å²) in [5.41, 5.74) is 6.74. The molecule has 2 heterocycles. The summed E-state index contributed by atoms with van der Waals surface area (Å²) in [4.78, 5) is 22.5. The Hall–Kier alpha value is -7.08. The van der Waals surface area contributed by atoms with Crippen LogP contribution in [0, 0.1) is 0 Å². The zero-order valence-corrected chi connectivity index (χ0v) is 31.6. The van der Waals surface area contributed by atoms with Crippen molar-refractivity contribution in [1.29, 1.82) is 0 Å². The van der Waals surface area contributed by atoms with Crippen molar-refractivity contribution >= 4 is 68.9 Å². The van der Waals surface area contributed by atoms with E-state index in [4.69, 9.17) is 0 Å². The fraction of sp³-hybridized carbons (Fsp3) is 0.182. The molecule has 282 valence electrons. The Bertz CT molecular complexity index is 2090. The maximum absolute atomic E-state index is 11.3. The number of nitrogens with one attached hydrogen (secondary N) is 4. The zero-order chi connectivity index (χ0) is 39.0. The van der Waals surface area contributed by atoms with Crippen LogP contribution in [0.4, 0.5) is 57.1 Å². The number of unbranched alkanes of at least 4 members (excludes halogenated alkanes) is 3. The minimum atomic E-state index is -0.0957. The van der Waals surface area contributed by atoms with Gasteiger partial charge in [-0.1, -0.05) is 12.1 Å². The quantitative estimate of drug-likeness (QED) is 0.0419. The van der Waals surface area contributed by atoms with Gasteiger partial charge in [-0.2, -0.15) is 0 Å². The van der Waals surface area contributed by atoms with Gasteiger partial charge in [-0.3, -0.25) is 9.59 Å². The van der Waals surface area contributed by atoms with Crippen molar-refractivity contribution in [2.45, 2.75) is 52.6 Å². The molecule has 56 heavy (non-hydrogen) atoms. The number of hydrogen-bond acceptors (Lipinski definition) is 8. The highest BCUT2D eigenvalue weighted by atomic mass is 16.2. The summed E-state index contributed by atoms with van der Waals surface area (Å²) < 4.78 is 4.28. The first kappa shape index (κ1) is 38.6. The maximum atomic E-state index is 11.3. The highest BCUT2D eigenvalue weighted by Gasteiger charge is 2.11. The second-order valence-electron chi connectivity index (χ2n) is 13.2. The number of azo groups is 2. The molecule has 12 nitrogen and oxygen atoms in total. The smallest absolute Gasteiger partial charge is 0.350 e. The fourth-order valence-electron chi connectivity index (χ4n) is 5.87. The van der Waals surface area contributed by atoms with Crippen LogP contribution >= 0.6 is 0 Å². The van der Waals surface area contributed by atoms with Gasteiger partial charge in [0.25, 0.3) is 0 Å². The van der Waals surface area contributed by atoms with Crippen LogP contribution in [-0.2, 0) is 22.7 Å². The van der Waals surface area contributed by atoms with Gasteiger partial charge in [0.1, 0.15) is 11.4 Å². The van der Waals surface area contributed by atoms with E-state index in [1.807, 2.05) is 133 Å². The van der Waals surface area contributed by atoms with Gasteiger partial charge < -0.3 is 21.3 Å². The first-order valence-electron chi connectivity index (χ1n) is 18.7. The summed E-state index contributed by atoms with van der Waals surface area (Å²) >= 11 is 0. The Kier molecular flexibility index (Phi) is 13.7. The van der Waals surface area contributed by atoms with Gasteiger partial charge in [0, 0.05) is 60.1 Å². The molecule has 0 radical (unpaired) electrons. The van der Waals surface area contributed by atoms with Crippen LogP contribution in [-0.4, -0.2) is 11.8 Å². The second-order valence-corrected chi connectivity index (χ2v) is 13.2. The lowest BCUT2D eigenvalue weighted by molar-refractivity contribution is -0.686. The van der Waals surface area contributed by atoms with Gasteiger partial charge in [0.15, 0.2) is 0 Å². The third kappa shape index (κ3) is 12.2. The average Bonchev–Trinajstić information content (AvgIpc) is 3.20. The lowest BCUT2D eigenvalue weighted by Crippen LogP contribution is -2.34. The van der Waals surface area contributed by atoms with Crippen LogP contribution in [0.25, 0.3) is 0 Å². The zero-order valence-electron chi connectivity index (χ0n) is 31.6. The van der Waals surface area contributed by atoms with E-state index in [1.165, 1.54) is 13.8 Å². The van der Waals surface area contributed by atoms with Crippen molar-refractivity contribution in [2.24, 2.45) is 20.5 Å². The van der Waals surface area contributed by atoms with Crippen molar-refractivity contribution in [3.63, 3.8) is 0 Å².